The summed E-state index contributed by atoms with van der Waals surface area (Å²) in [5, 5.41) is 13.0. The number of nitrogens with zero attached hydrogens (tertiary/aromatic N) is 3. The number of carboxylic acids is 1. The molecule has 1 heterocycles. The lowest BCUT2D eigenvalue weighted by atomic mass is 10.1. The van der Waals surface area contributed by atoms with Crippen molar-refractivity contribution in [2.45, 2.75) is 32.9 Å². The Hall–Kier alpha value is -2.21. The maximum Gasteiger partial charge on any atom is 0.320 e. The predicted octanol–water partition coefficient (Wildman–Crippen LogP) is 2.34. The number of aryl methyl sites for hydroxylation is 1. The molecule has 0 aliphatic rings. The molecule has 21 heavy (non-hydrogen) atoms. The lowest BCUT2D eigenvalue weighted by molar-refractivity contribution is -0.143. The summed E-state index contributed by atoms with van der Waals surface area (Å²) >= 11 is 0. The fourth-order valence-corrected chi connectivity index (χ4v) is 2.22. The minimum absolute atomic E-state index is 0.333. The maximum atomic E-state index is 11.1. The normalized spacial score (nSPS) is 12.6. The molecule has 0 saturated carbocycles. The summed E-state index contributed by atoms with van der Waals surface area (Å²) in [6.07, 6.45) is 0.522. The number of benzene rings is 1. The van der Waals surface area contributed by atoms with Crippen LogP contribution >= 0.6 is 0 Å². The highest BCUT2D eigenvalue weighted by molar-refractivity contribution is 5.73. The molecule has 0 radical (unpaired) electrons. The van der Waals surface area contributed by atoms with Gasteiger partial charge in [0.05, 0.1) is 6.54 Å². The van der Waals surface area contributed by atoms with E-state index >= 15 is 0 Å². The van der Waals surface area contributed by atoms with Crippen molar-refractivity contribution in [3.63, 3.8) is 0 Å². The first-order chi connectivity index (χ1) is 10.0. The maximum absolute atomic E-state index is 11.1. The second-order valence-electron chi connectivity index (χ2n) is 5.06. The van der Waals surface area contributed by atoms with Gasteiger partial charge in [0.15, 0.2) is 5.82 Å². The van der Waals surface area contributed by atoms with Crippen LogP contribution in [-0.4, -0.2) is 39.2 Å². The van der Waals surface area contributed by atoms with Crippen LogP contribution in [0.5, 0.6) is 0 Å². The third-order valence-corrected chi connectivity index (χ3v) is 3.33. The summed E-state index contributed by atoms with van der Waals surface area (Å²) in [6.45, 7) is 4.16. The van der Waals surface area contributed by atoms with Crippen LogP contribution in [0, 0.1) is 6.92 Å². The summed E-state index contributed by atoms with van der Waals surface area (Å²) in [6, 6.07) is 7.24. The Morgan fingerprint density at radius 3 is 2.86 bits per heavy atom. The van der Waals surface area contributed by atoms with Gasteiger partial charge in [0.2, 0.25) is 0 Å². The van der Waals surface area contributed by atoms with E-state index in [2.05, 4.69) is 10.1 Å². The zero-order valence-electron chi connectivity index (χ0n) is 12.4. The Bertz CT molecular complexity index is 624. The number of aliphatic carboxylic acids is 1. The van der Waals surface area contributed by atoms with Crippen LogP contribution in [0.15, 0.2) is 28.8 Å². The molecule has 6 nitrogen and oxygen atoms in total. The van der Waals surface area contributed by atoms with Gasteiger partial charge in [-0.05, 0) is 32.5 Å². The predicted molar refractivity (Wildman–Crippen MR) is 77.7 cm³/mol. The summed E-state index contributed by atoms with van der Waals surface area (Å²) in [4.78, 5) is 17.1. The van der Waals surface area contributed by atoms with E-state index in [1.807, 2.05) is 38.1 Å². The second-order valence-corrected chi connectivity index (χ2v) is 5.06. The van der Waals surface area contributed by atoms with Crippen LogP contribution in [0.3, 0.4) is 0 Å². The number of hydrogen-bond acceptors (Lipinski definition) is 5. The fraction of sp³-hybridized carbons (Fsp3) is 0.400. The molecule has 1 aromatic carbocycles. The molecule has 1 atom stereocenters. The SMILES string of the molecule is CCC(C(=O)O)N(C)Cc1noc(-c2cccc(C)c2)n1. The zero-order chi connectivity index (χ0) is 15.4. The standard InChI is InChI=1S/C15H19N3O3/c1-4-12(15(19)20)18(3)9-13-16-14(21-17-13)11-7-5-6-10(2)8-11/h5-8,12H,4,9H2,1-3H3,(H,19,20). The number of carbonyl (C=O) groups is 1. The van der Waals surface area contributed by atoms with Crippen molar-refractivity contribution in [1.82, 2.24) is 15.0 Å². The molecule has 6 heteroatoms. The highest BCUT2D eigenvalue weighted by Crippen LogP contribution is 2.18. The number of likely N-dealkylation sites (N-methyl/N-ethyl adjacent to an activating group) is 1. The Morgan fingerprint density at radius 1 is 1.48 bits per heavy atom. The van der Waals surface area contributed by atoms with Gasteiger partial charge in [0, 0.05) is 5.56 Å². The molecule has 112 valence electrons. The van der Waals surface area contributed by atoms with E-state index in [0.29, 0.717) is 24.7 Å². The van der Waals surface area contributed by atoms with Crippen molar-refractivity contribution in [3.8, 4) is 11.5 Å². The third-order valence-electron chi connectivity index (χ3n) is 3.33. The lowest BCUT2D eigenvalue weighted by Crippen LogP contribution is -2.37. The highest BCUT2D eigenvalue weighted by atomic mass is 16.5. The van der Waals surface area contributed by atoms with Gasteiger partial charge in [0.1, 0.15) is 6.04 Å². The average molecular weight is 289 g/mol. The van der Waals surface area contributed by atoms with E-state index < -0.39 is 12.0 Å². The molecule has 1 N–H and O–H groups in total. The minimum atomic E-state index is -0.845. The van der Waals surface area contributed by atoms with Crippen LogP contribution in [0.2, 0.25) is 0 Å². The van der Waals surface area contributed by atoms with Gasteiger partial charge in [-0.15, -0.1) is 0 Å². The Morgan fingerprint density at radius 2 is 2.24 bits per heavy atom. The van der Waals surface area contributed by atoms with E-state index in [1.165, 1.54) is 0 Å². The van der Waals surface area contributed by atoms with E-state index in [4.69, 9.17) is 9.63 Å². The van der Waals surface area contributed by atoms with E-state index in [9.17, 15) is 4.79 Å². The molecule has 1 unspecified atom stereocenters. The van der Waals surface area contributed by atoms with Crippen LogP contribution in [0.4, 0.5) is 0 Å². The molecule has 0 aliphatic carbocycles. The van der Waals surface area contributed by atoms with Crippen molar-refractivity contribution in [1.29, 1.82) is 0 Å². The summed E-state index contributed by atoms with van der Waals surface area (Å²) in [7, 11) is 1.74. The smallest absolute Gasteiger partial charge is 0.320 e. The van der Waals surface area contributed by atoms with Crippen molar-refractivity contribution >= 4 is 5.97 Å². The molecule has 0 aliphatic heterocycles. The quantitative estimate of drug-likeness (QED) is 0.879. The molecule has 2 rings (SSSR count). The van der Waals surface area contributed by atoms with Crippen LogP contribution in [0.1, 0.15) is 24.7 Å². The Labute approximate surface area is 123 Å². The van der Waals surface area contributed by atoms with Gasteiger partial charge in [0.25, 0.3) is 5.89 Å². The van der Waals surface area contributed by atoms with E-state index in [1.54, 1.807) is 11.9 Å². The first kappa shape index (κ1) is 15.2. The molecule has 0 bridgehead atoms. The van der Waals surface area contributed by atoms with Crippen LogP contribution in [0.25, 0.3) is 11.5 Å². The number of rotatable bonds is 6. The Balaban J connectivity index is 2.12. The molecule has 0 fully saturated rings. The van der Waals surface area contributed by atoms with Crippen LogP contribution < -0.4 is 0 Å². The fourth-order valence-electron chi connectivity index (χ4n) is 2.22. The summed E-state index contributed by atoms with van der Waals surface area (Å²) in [5.74, 6) is 0.0848. The average Bonchev–Trinajstić information content (AvgIpc) is 2.87. The monoisotopic (exact) mass is 289 g/mol. The van der Waals surface area contributed by atoms with E-state index in [-0.39, 0.29) is 0 Å². The summed E-state index contributed by atoms with van der Waals surface area (Å²) in [5.41, 5.74) is 1.97. The number of aromatic nitrogens is 2. The summed E-state index contributed by atoms with van der Waals surface area (Å²) < 4.78 is 5.25. The van der Waals surface area contributed by atoms with Gasteiger partial charge in [-0.3, -0.25) is 9.69 Å². The van der Waals surface area contributed by atoms with Crippen molar-refractivity contribution < 1.29 is 14.4 Å². The third kappa shape index (κ3) is 3.66. The van der Waals surface area contributed by atoms with E-state index in [0.717, 1.165) is 11.1 Å². The minimum Gasteiger partial charge on any atom is -0.480 e. The number of carboxylic acid groups (broad SMARTS) is 1. The van der Waals surface area contributed by atoms with Gasteiger partial charge < -0.3 is 9.63 Å². The van der Waals surface area contributed by atoms with Crippen molar-refractivity contribution in [3.05, 3.63) is 35.7 Å². The van der Waals surface area contributed by atoms with Gasteiger partial charge >= 0.3 is 5.97 Å². The second kappa shape index (κ2) is 6.49. The molecule has 2 aromatic rings. The number of hydrogen-bond donors (Lipinski definition) is 1. The first-order valence-electron chi connectivity index (χ1n) is 6.84. The Kier molecular flexibility index (Phi) is 4.70. The molecule has 1 aromatic heterocycles. The largest absolute Gasteiger partial charge is 0.480 e. The zero-order valence-corrected chi connectivity index (χ0v) is 12.4. The highest BCUT2D eigenvalue weighted by Gasteiger charge is 2.22. The molecule has 0 amide bonds. The van der Waals surface area contributed by atoms with Gasteiger partial charge in [-0.25, -0.2) is 0 Å². The molecular weight excluding hydrogens is 270 g/mol. The molecule has 0 saturated heterocycles. The van der Waals surface area contributed by atoms with Crippen LogP contribution in [-0.2, 0) is 11.3 Å². The lowest BCUT2D eigenvalue weighted by Gasteiger charge is -2.21. The molecular formula is C15H19N3O3. The topological polar surface area (TPSA) is 79.5 Å². The van der Waals surface area contributed by atoms with Gasteiger partial charge in [-0.1, -0.05) is 29.8 Å². The van der Waals surface area contributed by atoms with Crippen molar-refractivity contribution in [2.75, 3.05) is 7.05 Å². The molecule has 0 spiro atoms. The first-order valence-corrected chi connectivity index (χ1v) is 6.84. The van der Waals surface area contributed by atoms with Gasteiger partial charge in [-0.2, -0.15) is 4.98 Å². The van der Waals surface area contributed by atoms with Crippen molar-refractivity contribution in [2.24, 2.45) is 0 Å².